The summed E-state index contributed by atoms with van der Waals surface area (Å²) >= 11 is 3.27. The lowest BCUT2D eigenvalue weighted by atomic mass is 9.96. The fourth-order valence-electron chi connectivity index (χ4n) is 2.87. The zero-order valence-electron chi connectivity index (χ0n) is 15.1. The summed E-state index contributed by atoms with van der Waals surface area (Å²) < 4.78 is 30.2. The fraction of sp³-hybridized carbons (Fsp3) is 0.474. The Hall–Kier alpha value is -1.96. The standard InChI is InChI=1S/C19H23BrF2N2O3/c1-2-9-23-18(26)13-7-10-24(11-8-13)17(25)6-3-14-12-15(20)4-5-16(14)27-19(21)22/h3-6,12-13,19H,2,7-11H2,1H3,(H,23,26)/b6-3+. The number of rotatable bonds is 7. The molecule has 1 aromatic carbocycles. The maximum Gasteiger partial charge on any atom is 0.387 e. The molecule has 1 fully saturated rings. The molecule has 0 aromatic heterocycles. The van der Waals surface area contributed by atoms with Crippen molar-refractivity contribution in [2.24, 2.45) is 5.92 Å². The quantitative estimate of drug-likeness (QED) is 0.650. The van der Waals surface area contributed by atoms with Gasteiger partial charge in [0.2, 0.25) is 11.8 Å². The van der Waals surface area contributed by atoms with Gasteiger partial charge in [0.05, 0.1) is 0 Å². The smallest absolute Gasteiger partial charge is 0.387 e. The van der Waals surface area contributed by atoms with Gasteiger partial charge in [0.1, 0.15) is 5.75 Å². The first-order valence-electron chi connectivity index (χ1n) is 8.89. The number of carbonyl (C=O) groups is 2. The number of piperidine rings is 1. The number of ether oxygens (including phenoxy) is 1. The highest BCUT2D eigenvalue weighted by molar-refractivity contribution is 9.10. The molecule has 0 bridgehead atoms. The van der Waals surface area contributed by atoms with E-state index in [0.717, 1.165) is 6.42 Å². The third kappa shape index (κ3) is 6.61. The second kappa shape index (κ2) is 10.4. The van der Waals surface area contributed by atoms with Crippen LogP contribution in [0, 0.1) is 5.92 Å². The molecule has 27 heavy (non-hydrogen) atoms. The molecule has 1 aliphatic heterocycles. The summed E-state index contributed by atoms with van der Waals surface area (Å²) in [6.45, 7) is 0.707. The molecule has 8 heteroatoms. The highest BCUT2D eigenvalue weighted by atomic mass is 79.9. The molecule has 0 spiro atoms. The van der Waals surface area contributed by atoms with Crippen molar-refractivity contribution in [2.75, 3.05) is 19.6 Å². The molecule has 0 radical (unpaired) electrons. The van der Waals surface area contributed by atoms with Crippen LogP contribution < -0.4 is 10.1 Å². The third-order valence-corrected chi connectivity index (χ3v) is 4.81. The van der Waals surface area contributed by atoms with Crippen LogP contribution in [0.1, 0.15) is 31.7 Å². The van der Waals surface area contributed by atoms with Gasteiger partial charge in [0.25, 0.3) is 0 Å². The minimum Gasteiger partial charge on any atom is -0.434 e. The van der Waals surface area contributed by atoms with Crippen molar-refractivity contribution < 1.29 is 23.1 Å². The van der Waals surface area contributed by atoms with Crippen LogP contribution in [0.25, 0.3) is 6.08 Å². The van der Waals surface area contributed by atoms with Gasteiger partial charge >= 0.3 is 6.61 Å². The predicted molar refractivity (Wildman–Crippen MR) is 102 cm³/mol. The minimum absolute atomic E-state index is 0.00329. The lowest BCUT2D eigenvalue weighted by Crippen LogP contribution is -2.42. The van der Waals surface area contributed by atoms with E-state index in [4.69, 9.17) is 0 Å². The van der Waals surface area contributed by atoms with Gasteiger partial charge in [-0.25, -0.2) is 0 Å². The van der Waals surface area contributed by atoms with Crippen LogP contribution in [0.2, 0.25) is 0 Å². The Morgan fingerprint density at radius 3 is 2.70 bits per heavy atom. The second-order valence-electron chi connectivity index (χ2n) is 6.28. The first-order chi connectivity index (χ1) is 12.9. The Morgan fingerprint density at radius 1 is 1.37 bits per heavy atom. The molecule has 1 saturated heterocycles. The van der Waals surface area contributed by atoms with Gasteiger partial charge in [-0.15, -0.1) is 0 Å². The predicted octanol–water partition coefficient (Wildman–Crippen LogP) is 3.83. The summed E-state index contributed by atoms with van der Waals surface area (Å²) in [6.07, 6.45) is 4.93. The second-order valence-corrected chi connectivity index (χ2v) is 7.20. The topological polar surface area (TPSA) is 58.6 Å². The number of carbonyl (C=O) groups excluding carboxylic acids is 2. The lowest BCUT2D eigenvalue weighted by molar-refractivity contribution is -0.132. The molecule has 2 rings (SSSR count). The monoisotopic (exact) mass is 444 g/mol. The van der Waals surface area contributed by atoms with E-state index in [1.54, 1.807) is 17.0 Å². The summed E-state index contributed by atoms with van der Waals surface area (Å²) in [7, 11) is 0. The molecule has 0 saturated carbocycles. The molecule has 2 amide bonds. The largest absolute Gasteiger partial charge is 0.434 e. The van der Waals surface area contributed by atoms with Crippen molar-refractivity contribution in [3.8, 4) is 5.75 Å². The molecule has 5 nitrogen and oxygen atoms in total. The third-order valence-electron chi connectivity index (χ3n) is 4.32. The van der Waals surface area contributed by atoms with E-state index in [2.05, 4.69) is 26.0 Å². The van der Waals surface area contributed by atoms with Crippen LogP contribution in [-0.2, 0) is 9.59 Å². The number of amides is 2. The average Bonchev–Trinajstić information content (AvgIpc) is 2.65. The number of hydrogen-bond acceptors (Lipinski definition) is 3. The van der Waals surface area contributed by atoms with Crippen molar-refractivity contribution in [3.05, 3.63) is 34.3 Å². The van der Waals surface area contributed by atoms with Gasteiger partial charge in [-0.05, 0) is 43.5 Å². The Bertz CT molecular complexity index is 690. The SMILES string of the molecule is CCCNC(=O)C1CCN(C(=O)/C=C/c2cc(Br)ccc2OC(F)F)CC1. The fourth-order valence-corrected chi connectivity index (χ4v) is 3.25. The van der Waals surface area contributed by atoms with E-state index in [9.17, 15) is 18.4 Å². The zero-order valence-corrected chi connectivity index (χ0v) is 16.7. The van der Waals surface area contributed by atoms with E-state index in [0.29, 0.717) is 42.5 Å². The molecule has 0 unspecified atom stereocenters. The zero-order chi connectivity index (χ0) is 19.8. The normalized spacial score (nSPS) is 15.4. The molecule has 1 aliphatic rings. The molecule has 0 atom stereocenters. The highest BCUT2D eigenvalue weighted by Crippen LogP contribution is 2.26. The molecule has 1 heterocycles. The first-order valence-corrected chi connectivity index (χ1v) is 9.69. The van der Waals surface area contributed by atoms with Crippen LogP contribution in [0.3, 0.4) is 0 Å². The number of nitrogens with one attached hydrogen (secondary N) is 1. The number of benzene rings is 1. The Kier molecular flexibility index (Phi) is 8.22. The van der Waals surface area contributed by atoms with Crippen molar-refractivity contribution in [2.45, 2.75) is 32.8 Å². The lowest BCUT2D eigenvalue weighted by Gasteiger charge is -2.30. The van der Waals surface area contributed by atoms with Crippen LogP contribution in [-0.4, -0.2) is 43.0 Å². The number of likely N-dealkylation sites (tertiary alicyclic amines) is 1. The maximum atomic E-state index is 12.5. The highest BCUT2D eigenvalue weighted by Gasteiger charge is 2.26. The van der Waals surface area contributed by atoms with Crippen molar-refractivity contribution >= 4 is 33.8 Å². The van der Waals surface area contributed by atoms with Gasteiger partial charge in [0.15, 0.2) is 0 Å². The Labute approximate surface area is 165 Å². The van der Waals surface area contributed by atoms with Gasteiger partial charge in [-0.3, -0.25) is 9.59 Å². The summed E-state index contributed by atoms with van der Waals surface area (Å²) in [5.41, 5.74) is 0.381. The van der Waals surface area contributed by atoms with E-state index < -0.39 is 6.61 Å². The summed E-state index contributed by atoms with van der Waals surface area (Å²) in [5, 5.41) is 2.88. The van der Waals surface area contributed by atoms with Crippen LogP contribution in [0.4, 0.5) is 8.78 Å². The summed E-state index contributed by atoms with van der Waals surface area (Å²) in [4.78, 5) is 26.0. The van der Waals surface area contributed by atoms with E-state index in [1.165, 1.54) is 18.2 Å². The molecular weight excluding hydrogens is 422 g/mol. The molecule has 1 N–H and O–H groups in total. The molecule has 148 valence electrons. The van der Waals surface area contributed by atoms with Gasteiger partial charge < -0.3 is 15.0 Å². The first kappa shape index (κ1) is 21.3. The van der Waals surface area contributed by atoms with E-state index >= 15 is 0 Å². The number of alkyl halides is 2. The summed E-state index contributed by atoms with van der Waals surface area (Å²) in [6, 6.07) is 4.61. The van der Waals surface area contributed by atoms with Crippen molar-refractivity contribution in [1.82, 2.24) is 10.2 Å². The van der Waals surface area contributed by atoms with Crippen LogP contribution in [0.5, 0.6) is 5.75 Å². The maximum absolute atomic E-state index is 12.5. The number of nitrogens with zero attached hydrogens (tertiary/aromatic N) is 1. The van der Waals surface area contributed by atoms with E-state index in [-0.39, 0.29) is 23.5 Å². The van der Waals surface area contributed by atoms with E-state index in [1.807, 2.05) is 6.92 Å². The molecule has 0 aliphatic carbocycles. The van der Waals surface area contributed by atoms with Gasteiger partial charge in [-0.2, -0.15) is 8.78 Å². The minimum atomic E-state index is -2.94. The van der Waals surface area contributed by atoms with Crippen molar-refractivity contribution in [1.29, 1.82) is 0 Å². The Balaban J connectivity index is 1.94. The van der Waals surface area contributed by atoms with Crippen molar-refractivity contribution in [3.63, 3.8) is 0 Å². The van der Waals surface area contributed by atoms with Gasteiger partial charge in [0, 0.05) is 41.7 Å². The van der Waals surface area contributed by atoms with Crippen LogP contribution in [0.15, 0.2) is 28.7 Å². The number of halogens is 3. The molecule has 1 aromatic rings. The Morgan fingerprint density at radius 2 is 2.07 bits per heavy atom. The summed E-state index contributed by atoms with van der Waals surface area (Å²) in [5.74, 6) is -0.239. The number of hydrogen-bond donors (Lipinski definition) is 1. The van der Waals surface area contributed by atoms with Gasteiger partial charge in [-0.1, -0.05) is 22.9 Å². The van der Waals surface area contributed by atoms with Crippen LogP contribution >= 0.6 is 15.9 Å². The molecular formula is C19H23BrF2N2O3. The average molecular weight is 445 g/mol.